The van der Waals surface area contributed by atoms with E-state index in [4.69, 9.17) is 11.6 Å². The summed E-state index contributed by atoms with van der Waals surface area (Å²) in [7, 11) is 0. The number of H-pyrrole nitrogens is 1. The van der Waals surface area contributed by atoms with E-state index in [1.165, 1.54) is 0 Å². The molecule has 2 aromatic heterocycles. The first-order valence-electron chi connectivity index (χ1n) is 3.23. The van der Waals surface area contributed by atoms with Crippen LogP contribution in [0, 0.1) is 6.92 Å². The first-order chi connectivity index (χ1) is 5.27. The Morgan fingerprint density at radius 3 is 3.18 bits per heavy atom. The van der Waals surface area contributed by atoms with Crippen molar-refractivity contribution < 1.29 is 0 Å². The Morgan fingerprint density at radius 2 is 2.36 bits per heavy atom. The number of hydrogen-bond donors (Lipinski definition) is 1. The van der Waals surface area contributed by atoms with E-state index in [0.29, 0.717) is 5.02 Å². The molecule has 2 aromatic rings. The Balaban J connectivity index is 2.91. The molecule has 56 valence electrons. The quantitative estimate of drug-likeness (QED) is 0.652. The molecule has 0 unspecified atom stereocenters. The van der Waals surface area contributed by atoms with Crippen molar-refractivity contribution in [1.29, 1.82) is 0 Å². The first kappa shape index (κ1) is 6.61. The maximum Gasteiger partial charge on any atom is 0.156 e. The second-order valence-corrected chi connectivity index (χ2v) is 2.78. The lowest BCUT2D eigenvalue weighted by molar-refractivity contribution is 1.09. The van der Waals surface area contributed by atoms with Crippen LogP contribution in [0.15, 0.2) is 12.3 Å². The van der Waals surface area contributed by atoms with Crippen molar-refractivity contribution in [2.75, 3.05) is 0 Å². The van der Waals surface area contributed by atoms with Crippen molar-refractivity contribution in [2.45, 2.75) is 6.92 Å². The molecule has 0 aliphatic heterocycles. The van der Waals surface area contributed by atoms with Gasteiger partial charge in [-0.1, -0.05) is 11.6 Å². The highest BCUT2D eigenvalue weighted by molar-refractivity contribution is 6.35. The Kier molecular flexibility index (Phi) is 1.32. The van der Waals surface area contributed by atoms with E-state index in [-0.39, 0.29) is 0 Å². The molecule has 2 rings (SSSR count). The van der Waals surface area contributed by atoms with E-state index >= 15 is 0 Å². The van der Waals surface area contributed by atoms with E-state index in [1.807, 2.05) is 13.0 Å². The van der Waals surface area contributed by atoms with Crippen molar-refractivity contribution in [2.24, 2.45) is 0 Å². The minimum atomic E-state index is 0.696. The fourth-order valence-corrected chi connectivity index (χ4v) is 1.31. The first-order valence-corrected chi connectivity index (χ1v) is 3.61. The molecule has 0 aliphatic carbocycles. The molecule has 4 heteroatoms. The molecule has 11 heavy (non-hydrogen) atoms. The summed E-state index contributed by atoms with van der Waals surface area (Å²) in [4.78, 5) is 4.19. The Bertz CT molecular complexity index is 393. The average Bonchev–Trinajstić information content (AvgIpc) is 2.34. The third kappa shape index (κ3) is 0.973. The van der Waals surface area contributed by atoms with Crippen LogP contribution in [0.2, 0.25) is 5.02 Å². The third-order valence-corrected chi connectivity index (χ3v) is 1.81. The molecule has 2 heterocycles. The molecule has 0 radical (unpaired) electrons. The molecule has 0 atom stereocenters. The molecule has 0 fully saturated rings. The van der Waals surface area contributed by atoms with Crippen LogP contribution >= 0.6 is 11.6 Å². The summed E-state index contributed by atoms with van der Waals surface area (Å²) in [5, 5.41) is 8.16. The number of aromatic nitrogens is 3. The number of halogens is 1. The van der Waals surface area contributed by atoms with E-state index < -0.39 is 0 Å². The van der Waals surface area contributed by atoms with Gasteiger partial charge >= 0.3 is 0 Å². The van der Waals surface area contributed by atoms with Gasteiger partial charge in [-0.15, -0.1) is 0 Å². The second kappa shape index (κ2) is 2.20. The Labute approximate surface area is 68.4 Å². The number of rotatable bonds is 0. The Hall–Kier alpha value is -1.09. The highest BCUT2D eigenvalue weighted by Gasteiger charge is 2.01. The average molecular weight is 168 g/mol. The van der Waals surface area contributed by atoms with Crippen LogP contribution in [-0.2, 0) is 0 Å². The zero-order chi connectivity index (χ0) is 7.84. The standard InChI is InChI=1S/C7H6ClN3/c1-4-2-6(8)5-3-9-11-7(5)10-4/h2-3H,1H3,(H,9,10,11). The molecule has 0 aliphatic rings. The smallest absolute Gasteiger partial charge is 0.156 e. The van der Waals surface area contributed by atoms with Gasteiger partial charge in [-0.2, -0.15) is 5.10 Å². The zero-order valence-electron chi connectivity index (χ0n) is 5.93. The van der Waals surface area contributed by atoms with E-state index in [2.05, 4.69) is 15.2 Å². The van der Waals surface area contributed by atoms with E-state index in [1.54, 1.807) is 6.20 Å². The van der Waals surface area contributed by atoms with Crippen molar-refractivity contribution >= 4 is 22.6 Å². The lowest BCUT2D eigenvalue weighted by atomic mass is 10.3. The van der Waals surface area contributed by atoms with Crippen LogP contribution in [0.5, 0.6) is 0 Å². The monoisotopic (exact) mass is 167 g/mol. The predicted octanol–water partition coefficient (Wildman–Crippen LogP) is 1.92. The zero-order valence-corrected chi connectivity index (χ0v) is 6.68. The van der Waals surface area contributed by atoms with Crippen molar-refractivity contribution in [1.82, 2.24) is 15.2 Å². The summed E-state index contributed by atoms with van der Waals surface area (Å²) < 4.78 is 0. The van der Waals surface area contributed by atoms with Gasteiger partial charge < -0.3 is 0 Å². The fraction of sp³-hybridized carbons (Fsp3) is 0.143. The Morgan fingerprint density at radius 1 is 1.55 bits per heavy atom. The van der Waals surface area contributed by atoms with Gasteiger partial charge in [0.25, 0.3) is 0 Å². The second-order valence-electron chi connectivity index (χ2n) is 2.38. The summed E-state index contributed by atoms with van der Waals surface area (Å²) in [6.45, 7) is 1.90. The fourth-order valence-electron chi connectivity index (χ4n) is 1.01. The number of aromatic amines is 1. The summed E-state index contributed by atoms with van der Waals surface area (Å²) in [6.07, 6.45) is 1.67. The molecular formula is C7H6ClN3. The predicted molar refractivity (Wildman–Crippen MR) is 43.6 cm³/mol. The summed E-state index contributed by atoms with van der Waals surface area (Å²) in [5.74, 6) is 0. The van der Waals surface area contributed by atoms with Crippen molar-refractivity contribution in [3.63, 3.8) is 0 Å². The lowest BCUT2D eigenvalue weighted by Crippen LogP contribution is -1.81. The number of hydrogen-bond acceptors (Lipinski definition) is 2. The molecule has 0 saturated carbocycles. The molecule has 0 aromatic carbocycles. The van der Waals surface area contributed by atoms with Crippen LogP contribution in [0.25, 0.3) is 11.0 Å². The van der Waals surface area contributed by atoms with Gasteiger partial charge in [-0.3, -0.25) is 5.10 Å². The highest BCUT2D eigenvalue weighted by Crippen LogP contribution is 2.20. The SMILES string of the molecule is Cc1cc(Cl)c2cn[nH]c2n1. The highest BCUT2D eigenvalue weighted by atomic mass is 35.5. The lowest BCUT2D eigenvalue weighted by Gasteiger charge is -1.93. The van der Waals surface area contributed by atoms with Crippen LogP contribution < -0.4 is 0 Å². The van der Waals surface area contributed by atoms with Crippen LogP contribution in [0.3, 0.4) is 0 Å². The minimum absolute atomic E-state index is 0.696. The van der Waals surface area contributed by atoms with Gasteiger partial charge in [-0.05, 0) is 13.0 Å². The van der Waals surface area contributed by atoms with E-state index in [9.17, 15) is 0 Å². The van der Waals surface area contributed by atoms with Gasteiger partial charge in [-0.25, -0.2) is 4.98 Å². The third-order valence-electron chi connectivity index (χ3n) is 1.50. The van der Waals surface area contributed by atoms with Gasteiger partial charge in [0.1, 0.15) is 0 Å². The van der Waals surface area contributed by atoms with Gasteiger partial charge in [0.15, 0.2) is 5.65 Å². The number of pyridine rings is 1. The molecule has 3 nitrogen and oxygen atoms in total. The molecule has 0 bridgehead atoms. The minimum Gasteiger partial charge on any atom is -0.261 e. The largest absolute Gasteiger partial charge is 0.261 e. The van der Waals surface area contributed by atoms with E-state index in [0.717, 1.165) is 16.7 Å². The summed E-state index contributed by atoms with van der Waals surface area (Å²) in [5.41, 5.74) is 1.64. The summed E-state index contributed by atoms with van der Waals surface area (Å²) >= 11 is 5.90. The number of fused-ring (bicyclic) bond motifs is 1. The number of nitrogens with zero attached hydrogens (tertiary/aromatic N) is 2. The van der Waals surface area contributed by atoms with Gasteiger partial charge in [0.2, 0.25) is 0 Å². The van der Waals surface area contributed by atoms with Crippen LogP contribution in [-0.4, -0.2) is 15.2 Å². The summed E-state index contributed by atoms with van der Waals surface area (Å²) in [6, 6.07) is 1.82. The molecule has 0 spiro atoms. The van der Waals surface area contributed by atoms with Crippen LogP contribution in [0.1, 0.15) is 5.69 Å². The number of aryl methyl sites for hydroxylation is 1. The molecule has 0 saturated heterocycles. The molecule has 1 N–H and O–H groups in total. The van der Waals surface area contributed by atoms with Crippen molar-refractivity contribution in [3.8, 4) is 0 Å². The molecular weight excluding hydrogens is 162 g/mol. The number of nitrogens with one attached hydrogen (secondary N) is 1. The topological polar surface area (TPSA) is 41.6 Å². The normalized spacial score (nSPS) is 10.7. The van der Waals surface area contributed by atoms with Gasteiger partial charge in [0.05, 0.1) is 16.6 Å². The van der Waals surface area contributed by atoms with Gasteiger partial charge in [0, 0.05) is 5.69 Å². The maximum absolute atomic E-state index is 5.90. The molecule has 0 amide bonds. The van der Waals surface area contributed by atoms with Crippen LogP contribution in [0.4, 0.5) is 0 Å². The van der Waals surface area contributed by atoms with Crippen molar-refractivity contribution in [3.05, 3.63) is 23.0 Å². The maximum atomic E-state index is 5.90.